The molecular formula is C8H9N5O. The Bertz CT molecular complexity index is 512. The van der Waals surface area contributed by atoms with Crippen LogP contribution in [0.3, 0.4) is 0 Å². The predicted octanol–water partition coefficient (Wildman–Crippen LogP) is -0.0326. The van der Waals surface area contributed by atoms with Crippen LogP contribution in [0.15, 0.2) is 17.2 Å². The lowest BCUT2D eigenvalue weighted by atomic mass is 10.4. The number of aromatic amines is 1. The lowest BCUT2D eigenvalue weighted by molar-refractivity contribution is 0.795. The van der Waals surface area contributed by atoms with Crippen molar-refractivity contribution in [3.63, 3.8) is 0 Å². The fraction of sp³-hybridized carbons (Fsp3) is 0.250. The van der Waals surface area contributed by atoms with Crippen LogP contribution in [0.1, 0.15) is 11.5 Å². The minimum atomic E-state index is -0.376. The Balaban J connectivity index is 2.59. The summed E-state index contributed by atoms with van der Waals surface area (Å²) in [5, 5.41) is 2.55. The molecule has 2 rings (SSSR count). The first-order chi connectivity index (χ1) is 6.66. The van der Waals surface area contributed by atoms with Crippen molar-refractivity contribution in [1.29, 1.82) is 0 Å². The minimum absolute atomic E-state index is 0.376. The molecule has 2 heterocycles. The van der Waals surface area contributed by atoms with Crippen molar-refractivity contribution in [3.8, 4) is 5.82 Å². The maximum atomic E-state index is 10.9. The summed E-state index contributed by atoms with van der Waals surface area (Å²) in [7, 11) is 0. The fourth-order valence-electron chi connectivity index (χ4n) is 1.18. The normalized spacial score (nSPS) is 10.4. The second kappa shape index (κ2) is 3.06. The van der Waals surface area contributed by atoms with E-state index in [1.54, 1.807) is 13.0 Å². The molecule has 14 heavy (non-hydrogen) atoms. The van der Waals surface area contributed by atoms with Crippen LogP contribution in [-0.2, 0) is 0 Å². The van der Waals surface area contributed by atoms with Gasteiger partial charge in [0, 0.05) is 11.8 Å². The van der Waals surface area contributed by atoms with Gasteiger partial charge in [0.1, 0.15) is 12.2 Å². The summed E-state index contributed by atoms with van der Waals surface area (Å²) in [6.45, 7) is 3.59. The SMILES string of the molecule is Cc1cc(-n2[nH]c(=O)nc2C)ncn1. The average Bonchev–Trinajstić information content (AvgIpc) is 2.45. The first-order valence-electron chi connectivity index (χ1n) is 4.11. The van der Waals surface area contributed by atoms with E-state index in [4.69, 9.17) is 0 Å². The van der Waals surface area contributed by atoms with Crippen molar-refractivity contribution in [2.24, 2.45) is 0 Å². The highest BCUT2D eigenvalue weighted by Crippen LogP contribution is 2.02. The molecule has 6 nitrogen and oxygen atoms in total. The van der Waals surface area contributed by atoms with Crippen molar-refractivity contribution in [1.82, 2.24) is 24.7 Å². The van der Waals surface area contributed by atoms with Crippen LogP contribution < -0.4 is 5.69 Å². The smallest absolute Gasteiger partial charge is 0.244 e. The van der Waals surface area contributed by atoms with Crippen LogP contribution >= 0.6 is 0 Å². The monoisotopic (exact) mass is 191 g/mol. The largest absolute Gasteiger partial charge is 0.361 e. The number of hydrogen-bond acceptors (Lipinski definition) is 4. The topological polar surface area (TPSA) is 76.5 Å². The lowest BCUT2D eigenvalue weighted by Crippen LogP contribution is -2.07. The van der Waals surface area contributed by atoms with E-state index >= 15 is 0 Å². The fourth-order valence-corrected chi connectivity index (χ4v) is 1.18. The minimum Gasteiger partial charge on any atom is -0.244 e. The van der Waals surface area contributed by atoms with Crippen LogP contribution in [0.5, 0.6) is 0 Å². The molecule has 0 aliphatic heterocycles. The van der Waals surface area contributed by atoms with Crippen LogP contribution in [0.2, 0.25) is 0 Å². The molecule has 0 saturated carbocycles. The van der Waals surface area contributed by atoms with E-state index in [0.29, 0.717) is 11.6 Å². The van der Waals surface area contributed by atoms with Gasteiger partial charge < -0.3 is 0 Å². The molecule has 2 aromatic rings. The van der Waals surface area contributed by atoms with Gasteiger partial charge in [0.15, 0.2) is 5.82 Å². The summed E-state index contributed by atoms with van der Waals surface area (Å²) < 4.78 is 1.52. The summed E-state index contributed by atoms with van der Waals surface area (Å²) in [6.07, 6.45) is 1.45. The van der Waals surface area contributed by atoms with E-state index in [9.17, 15) is 4.79 Å². The molecule has 1 N–H and O–H groups in total. The highest BCUT2D eigenvalue weighted by atomic mass is 16.1. The summed E-state index contributed by atoms with van der Waals surface area (Å²) in [5.74, 6) is 1.19. The van der Waals surface area contributed by atoms with Gasteiger partial charge in [0.2, 0.25) is 0 Å². The van der Waals surface area contributed by atoms with Crippen LogP contribution in [0, 0.1) is 13.8 Å². The van der Waals surface area contributed by atoms with Gasteiger partial charge >= 0.3 is 5.69 Å². The molecule has 72 valence electrons. The van der Waals surface area contributed by atoms with E-state index in [-0.39, 0.29) is 5.69 Å². The van der Waals surface area contributed by atoms with Gasteiger partial charge in [-0.25, -0.2) is 24.5 Å². The van der Waals surface area contributed by atoms with Crippen LogP contribution in [-0.4, -0.2) is 24.7 Å². The van der Waals surface area contributed by atoms with Gasteiger partial charge in [-0.2, -0.15) is 4.98 Å². The number of hydrogen-bond donors (Lipinski definition) is 1. The lowest BCUT2D eigenvalue weighted by Gasteiger charge is -2.02. The van der Waals surface area contributed by atoms with Crippen molar-refractivity contribution in [2.45, 2.75) is 13.8 Å². The van der Waals surface area contributed by atoms with Gasteiger partial charge in [-0.15, -0.1) is 0 Å². The van der Waals surface area contributed by atoms with E-state index in [2.05, 4.69) is 20.1 Å². The molecule has 0 aromatic carbocycles. The first kappa shape index (κ1) is 8.61. The zero-order chi connectivity index (χ0) is 10.1. The molecule has 0 aliphatic rings. The maximum Gasteiger partial charge on any atom is 0.361 e. The molecule has 0 atom stereocenters. The number of nitrogens with zero attached hydrogens (tertiary/aromatic N) is 4. The Hall–Kier alpha value is -1.98. The van der Waals surface area contributed by atoms with E-state index in [1.165, 1.54) is 11.0 Å². The first-order valence-corrected chi connectivity index (χ1v) is 4.11. The van der Waals surface area contributed by atoms with Crippen LogP contribution in [0.4, 0.5) is 0 Å². The maximum absolute atomic E-state index is 10.9. The molecule has 0 aliphatic carbocycles. The molecule has 2 aromatic heterocycles. The van der Waals surface area contributed by atoms with Crippen molar-refractivity contribution in [3.05, 3.63) is 34.4 Å². The van der Waals surface area contributed by atoms with E-state index in [0.717, 1.165) is 5.69 Å². The van der Waals surface area contributed by atoms with Gasteiger partial charge in [-0.3, -0.25) is 0 Å². The van der Waals surface area contributed by atoms with E-state index < -0.39 is 0 Å². The van der Waals surface area contributed by atoms with Gasteiger partial charge in [-0.1, -0.05) is 0 Å². The number of H-pyrrole nitrogens is 1. The average molecular weight is 191 g/mol. The van der Waals surface area contributed by atoms with Gasteiger partial charge in [0.25, 0.3) is 0 Å². The zero-order valence-electron chi connectivity index (χ0n) is 7.85. The highest BCUT2D eigenvalue weighted by molar-refractivity contribution is 5.22. The van der Waals surface area contributed by atoms with Crippen molar-refractivity contribution < 1.29 is 0 Å². The number of aromatic nitrogens is 5. The molecule has 0 bridgehead atoms. The molecule has 0 unspecified atom stereocenters. The molecular weight excluding hydrogens is 182 g/mol. The standard InChI is InChI=1S/C8H9N5O/c1-5-3-7(10-4-9-5)13-6(2)11-8(14)12-13/h3-4H,1-2H3,(H,12,14). The predicted molar refractivity (Wildman–Crippen MR) is 49.2 cm³/mol. The summed E-state index contributed by atoms with van der Waals surface area (Å²) in [6, 6.07) is 1.77. The Morgan fingerprint density at radius 2 is 2.14 bits per heavy atom. The van der Waals surface area contributed by atoms with Gasteiger partial charge in [-0.05, 0) is 13.8 Å². The van der Waals surface area contributed by atoms with E-state index in [1.807, 2.05) is 6.92 Å². The Morgan fingerprint density at radius 3 is 2.71 bits per heavy atom. The third-order valence-corrected chi connectivity index (χ3v) is 1.81. The Kier molecular flexibility index (Phi) is 1.88. The quantitative estimate of drug-likeness (QED) is 0.686. The molecule has 0 amide bonds. The summed E-state index contributed by atoms with van der Waals surface area (Å²) in [4.78, 5) is 22.6. The van der Waals surface area contributed by atoms with Crippen molar-refractivity contribution in [2.75, 3.05) is 0 Å². The third-order valence-electron chi connectivity index (χ3n) is 1.81. The van der Waals surface area contributed by atoms with Crippen molar-refractivity contribution >= 4 is 0 Å². The van der Waals surface area contributed by atoms with Gasteiger partial charge in [0.05, 0.1) is 0 Å². The second-order valence-corrected chi connectivity index (χ2v) is 2.93. The summed E-state index contributed by atoms with van der Waals surface area (Å²) >= 11 is 0. The second-order valence-electron chi connectivity index (χ2n) is 2.93. The highest BCUT2D eigenvalue weighted by Gasteiger charge is 2.04. The molecule has 0 saturated heterocycles. The number of nitrogens with one attached hydrogen (secondary N) is 1. The number of aryl methyl sites for hydroxylation is 2. The third kappa shape index (κ3) is 1.41. The number of rotatable bonds is 1. The van der Waals surface area contributed by atoms with Crippen LogP contribution in [0.25, 0.3) is 5.82 Å². The molecule has 0 fully saturated rings. The Morgan fingerprint density at radius 1 is 1.36 bits per heavy atom. The zero-order valence-corrected chi connectivity index (χ0v) is 7.85. The summed E-state index contributed by atoms with van der Waals surface area (Å²) in [5.41, 5.74) is 0.461. The molecule has 6 heteroatoms. The molecule has 0 radical (unpaired) electrons. The Labute approximate surface area is 79.6 Å². The molecule has 0 spiro atoms.